The highest BCUT2D eigenvalue weighted by Gasteiger charge is 2.15. The van der Waals surface area contributed by atoms with E-state index in [1.54, 1.807) is 10.9 Å². The fourth-order valence-corrected chi connectivity index (χ4v) is 2.35. The molecule has 17 heavy (non-hydrogen) atoms. The van der Waals surface area contributed by atoms with Crippen LogP contribution in [0.2, 0.25) is 5.15 Å². The number of rotatable bonds is 2. The van der Waals surface area contributed by atoms with E-state index in [9.17, 15) is 0 Å². The van der Waals surface area contributed by atoms with Crippen molar-refractivity contribution in [2.75, 3.05) is 0 Å². The van der Waals surface area contributed by atoms with Crippen molar-refractivity contribution < 1.29 is 0 Å². The van der Waals surface area contributed by atoms with Gasteiger partial charge in [-0.15, -0.1) is 0 Å². The molecule has 0 N–H and O–H groups in total. The molecule has 0 aromatic carbocycles. The first-order valence-corrected chi connectivity index (χ1v) is 5.91. The third-order valence-electron chi connectivity index (χ3n) is 2.72. The molecule has 0 amide bonds. The van der Waals surface area contributed by atoms with E-state index >= 15 is 0 Å². The molecule has 0 spiro atoms. The summed E-state index contributed by atoms with van der Waals surface area (Å²) < 4.78 is 1.74. The third kappa shape index (κ3) is 2.17. The summed E-state index contributed by atoms with van der Waals surface area (Å²) in [5.41, 5.74) is 2.80. The van der Waals surface area contributed by atoms with E-state index in [0.29, 0.717) is 16.9 Å². The molecule has 0 unspecified atom stereocenters. The molecule has 0 saturated heterocycles. The first kappa shape index (κ1) is 12.0. The molecule has 0 fully saturated rings. The van der Waals surface area contributed by atoms with Crippen LogP contribution in [0.15, 0.2) is 12.3 Å². The average molecular weight is 251 g/mol. The van der Waals surface area contributed by atoms with Gasteiger partial charge in [0.2, 0.25) is 0 Å². The number of hydrogen-bond donors (Lipinski definition) is 0. The molecule has 4 nitrogen and oxygen atoms in total. The fourth-order valence-electron chi connectivity index (χ4n) is 1.91. The van der Waals surface area contributed by atoms with Crippen molar-refractivity contribution in [2.24, 2.45) is 7.05 Å². The van der Waals surface area contributed by atoms with E-state index in [-0.39, 0.29) is 0 Å². The number of nitrogens with zero attached hydrogens (tertiary/aromatic N) is 4. The van der Waals surface area contributed by atoms with Crippen LogP contribution >= 0.6 is 11.6 Å². The molecule has 0 aliphatic rings. The monoisotopic (exact) mass is 250 g/mol. The molecule has 0 aliphatic carbocycles. The summed E-state index contributed by atoms with van der Waals surface area (Å²) in [6, 6.07) is 1.88. The van der Waals surface area contributed by atoms with Crippen LogP contribution in [0.5, 0.6) is 0 Å². The normalized spacial score (nSPS) is 11.2. The topological polar surface area (TPSA) is 43.6 Å². The van der Waals surface area contributed by atoms with Crippen molar-refractivity contribution in [3.8, 4) is 11.5 Å². The molecule has 2 heterocycles. The molecule has 0 bridgehead atoms. The molecular formula is C12H15ClN4. The van der Waals surface area contributed by atoms with Crippen LogP contribution < -0.4 is 0 Å². The lowest BCUT2D eigenvalue weighted by Crippen LogP contribution is -2.04. The minimum absolute atomic E-state index is 0.322. The van der Waals surface area contributed by atoms with Crippen LogP contribution in [0, 0.1) is 6.92 Å². The van der Waals surface area contributed by atoms with Gasteiger partial charge in [-0.25, -0.2) is 9.97 Å². The highest BCUT2D eigenvalue weighted by Crippen LogP contribution is 2.27. The van der Waals surface area contributed by atoms with Gasteiger partial charge in [0, 0.05) is 24.5 Å². The Hall–Kier alpha value is -1.42. The average Bonchev–Trinajstić information content (AvgIpc) is 2.62. The largest absolute Gasteiger partial charge is 0.265 e. The Bertz CT molecular complexity index is 522. The summed E-state index contributed by atoms with van der Waals surface area (Å²) in [5, 5.41) is 4.63. The first-order valence-electron chi connectivity index (χ1n) is 5.53. The second kappa shape index (κ2) is 4.45. The smallest absolute Gasteiger partial charge is 0.179 e. The second-order valence-electron chi connectivity index (χ2n) is 4.33. The fraction of sp³-hybridized carbons (Fsp3) is 0.417. The third-order valence-corrected chi connectivity index (χ3v) is 3.01. The number of aromatic nitrogens is 4. The summed E-state index contributed by atoms with van der Waals surface area (Å²) in [6.07, 6.45) is 1.72. The van der Waals surface area contributed by atoms with Gasteiger partial charge in [-0.3, -0.25) is 4.68 Å². The quantitative estimate of drug-likeness (QED) is 0.770. The maximum Gasteiger partial charge on any atom is 0.179 e. The predicted molar refractivity (Wildman–Crippen MR) is 68.1 cm³/mol. The molecule has 5 heteroatoms. The summed E-state index contributed by atoms with van der Waals surface area (Å²) in [4.78, 5) is 8.85. The molecule has 2 aromatic rings. The zero-order valence-corrected chi connectivity index (χ0v) is 11.2. The van der Waals surface area contributed by atoms with Crippen molar-refractivity contribution in [1.29, 1.82) is 0 Å². The zero-order valence-electron chi connectivity index (χ0n) is 10.4. The van der Waals surface area contributed by atoms with Crippen LogP contribution in [0.1, 0.15) is 31.0 Å². The Balaban J connectivity index is 2.57. The number of halogens is 1. The molecular weight excluding hydrogens is 236 g/mol. The van der Waals surface area contributed by atoms with E-state index in [0.717, 1.165) is 17.0 Å². The van der Waals surface area contributed by atoms with Gasteiger partial charge in [-0.1, -0.05) is 25.4 Å². The van der Waals surface area contributed by atoms with Crippen LogP contribution in [-0.2, 0) is 7.05 Å². The molecule has 0 aliphatic heterocycles. The molecule has 2 rings (SSSR count). The van der Waals surface area contributed by atoms with Gasteiger partial charge in [0.05, 0.1) is 0 Å². The lowest BCUT2D eigenvalue weighted by molar-refractivity contribution is 0.766. The number of hydrogen-bond acceptors (Lipinski definition) is 3. The van der Waals surface area contributed by atoms with Crippen LogP contribution in [0.3, 0.4) is 0 Å². The van der Waals surface area contributed by atoms with Crippen LogP contribution in [0.25, 0.3) is 11.5 Å². The van der Waals surface area contributed by atoms with Gasteiger partial charge in [0.15, 0.2) is 5.82 Å². The SMILES string of the molecule is Cc1nc(-c2ccnn2C)nc(Cl)c1C(C)C. The Morgan fingerprint density at radius 1 is 1.29 bits per heavy atom. The lowest BCUT2D eigenvalue weighted by Gasteiger charge is -2.12. The molecule has 2 aromatic heterocycles. The number of aryl methyl sites for hydroxylation is 2. The van der Waals surface area contributed by atoms with Gasteiger partial charge >= 0.3 is 0 Å². The van der Waals surface area contributed by atoms with E-state index < -0.39 is 0 Å². The molecule has 0 radical (unpaired) electrons. The summed E-state index contributed by atoms with van der Waals surface area (Å²) in [5.74, 6) is 0.944. The van der Waals surface area contributed by atoms with Gasteiger partial charge < -0.3 is 0 Å². The van der Waals surface area contributed by atoms with Crippen LogP contribution in [-0.4, -0.2) is 19.7 Å². The molecule has 90 valence electrons. The molecule has 0 saturated carbocycles. The van der Waals surface area contributed by atoms with Gasteiger partial charge in [0.1, 0.15) is 10.8 Å². The zero-order chi connectivity index (χ0) is 12.6. The van der Waals surface area contributed by atoms with Gasteiger partial charge in [-0.05, 0) is 18.9 Å². The second-order valence-corrected chi connectivity index (χ2v) is 4.69. The Morgan fingerprint density at radius 3 is 2.47 bits per heavy atom. The Morgan fingerprint density at radius 2 is 2.00 bits per heavy atom. The van der Waals surface area contributed by atoms with Crippen molar-refractivity contribution in [2.45, 2.75) is 26.7 Å². The van der Waals surface area contributed by atoms with Crippen LogP contribution in [0.4, 0.5) is 0 Å². The maximum absolute atomic E-state index is 6.22. The van der Waals surface area contributed by atoms with Gasteiger partial charge in [-0.2, -0.15) is 5.10 Å². The van der Waals surface area contributed by atoms with Crippen molar-refractivity contribution in [3.63, 3.8) is 0 Å². The minimum atomic E-state index is 0.322. The Kier molecular flexibility index (Phi) is 3.15. The Labute approximate surface area is 106 Å². The van der Waals surface area contributed by atoms with E-state index in [1.165, 1.54) is 0 Å². The predicted octanol–water partition coefficient (Wildman–Crippen LogP) is 2.96. The van der Waals surface area contributed by atoms with E-state index in [1.807, 2.05) is 20.0 Å². The van der Waals surface area contributed by atoms with E-state index in [4.69, 9.17) is 11.6 Å². The van der Waals surface area contributed by atoms with E-state index in [2.05, 4.69) is 28.9 Å². The highest BCUT2D eigenvalue weighted by atomic mass is 35.5. The van der Waals surface area contributed by atoms with Gasteiger partial charge in [0.25, 0.3) is 0 Å². The minimum Gasteiger partial charge on any atom is -0.265 e. The van der Waals surface area contributed by atoms with Crippen molar-refractivity contribution in [3.05, 3.63) is 28.7 Å². The van der Waals surface area contributed by atoms with Crippen molar-refractivity contribution in [1.82, 2.24) is 19.7 Å². The standard InChI is InChI=1S/C12H15ClN4/c1-7(2)10-8(3)15-12(16-11(10)13)9-5-6-14-17(9)4/h5-7H,1-4H3. The lowest BCUT2D eigenvalue weighted by atomic mass is 10.0. The highest BCUT2D eigenvalue weighted by molar-refractivity contribution is 6.30. The summed E-state index contributed by atoms with van der Waals surface area (Å²) in [7, 11) is 1.86. The summed E-state index contributed by atoms with van der Waals surface area (Å²) >= 11 is 6.22. The van der Waals surface area contributed by atoms with Crippen molar-refractivity contribution >= 4 is 11.6 Å². The first-order chi connectivity index (χ1) is 8.00. The maximum atomic E-state index is 6.22. The summed E-state index contributed by atoms with van der Waals surface area (Å²) in [6.45, 7) is 6.13. The molecule has 0 atom stereocenters.